The molecule has 0 bridgehead atoms. The number of carbonyl (C=O) groups excluding carboxylic acids is 1. The Morgan fingerprint density at radius 1 is 1.47 bits per heavy atom. The second kappa shape index (κ2) is 7.09. The minimum atomic E-state index is -4.06. The predicted octanol–water partition coefficient (Wildman–Crippen LogP) is 0.648. The summed E-state index contributed by atoms with van der Waals surface area (Å²) in [5, 5.41) is 8.68. The number of rotatable bonds is 6. The lowest BCUT2D eigenvalue weighted by molar-refractivity contribution is 0.121. The maximum absolute atomic E-state index is 11.4. The van der Waals surface area contributed by atoms with E-state index in [-0.39, 0.29) is 0 Å². The molecular formula is C9H17N3O4S. The Morgan fingerprint density at radius 2 is 2.06 bits per heavy atom. The van der Waals surface area contributed by atoms with Crippen molar-refractivity contribution in [1.82, 2.24) is 9.44 Å². The minimum Gasteiger partial charge on any atom is -0.446 e. The summed E-state index contributed by atoms with van der Waals surface area (Å²) in [6, 6.07) is 0.934. The van der Waals surface area contributed by atoms with Crippen LogP contribution in [0.5, 0.6) is 0 Å². The van der Waals surface area contributed by atoms with Crippen LogP contribution in [0.25, 0.3) is 0 Å². The summed E-state index contributed by atoms with van der Waals surface area (Å²) < 4.78 is 31.1. The molecule has 0 aliphatic heterocycles. The maximum Gasteiger partial charge on any atom is 0.422 e. The van der Waals surface area contributed by atoms with E-state index in [4.69, 9.17) is 5.26 Å². The Kier molecular flexibility index (Phi) is 6.53. The highest BCUT2D eigenvalue weighted by Crippen LogP contribution is 1.97. The lowest BCUT2D eigenvalue weighted by Gasteiger charge is -2.13. The molecule has 0 aromatic carbocycles. The molecule has 0 radical (unpaired) electrons. The molecule has 0 saturated carbocycles. The molecule has 2 N–H and O–H groups in total. The molecule has 0 aliphatic carbocycles. The summed E-state index contributed by atoms with van der Waals surface area (Å²) >= 11 is 0. The van der Waals surface area contributed by atoms with E-state index in [0.29, 0.717) is 12.8 Å². The van der Waals surface area contributed by atoms with E-state index in [0.717, 1.165) is 0 Å². The highest BCUT2D eigenvalue weighted by Gasteiger charge is 2.20. The first kappa shape index (κ1) is 15.7. The standard InChI is InChI=1S/C9H17N3O4S/c1-4-5-8(6-10)11-17(14,15)12-9(13)16-7(2)3/h7-8,11H,4-5H2,1-3H3,(H,12,13). The topological polar surface area (TPSA) is 108 Å². The summed E-state index contributed by atoms with van der Waals surface area (Å²) in [7, 11) is -4.06. The maximum atomic E-state index is 11.4. The van der Waals surface area contributed by atoms with Crippen molar-refractivity contribution in [2.45, 2.75) is 45.8 Å². The summed E-state index contributed by atoms with van der Waals surface area (Å²) in [5.41, 5.74) is 0. The van der Waals surface area contributed by atoms with Gasteiger partial charge in [0, 0.05) is 0 Å². The van der Waals surface area contributed by atoms with Crippen LogP contribution in [0.2, 0.25) is 0 Å². The van der Waals surface area contributed by atoms with Crippen LogP contribution in [0.15, 0.2) is 0 Å². The zero-order valence-corrected chi connectivity index (χ0v) is 10.9. The first-order chi connectivity index (χ1) is 7.80. The van der Waals surface area contributed by atoms with Gasteiger partial charge in [-0.25, -0.2) is 9.52 Å². The largest absolute Gasteiger partial charge is 0.446 e. The first-order valence-corrected chi connectivity index (χ1v) is 6.69. The average Bonchev–Trinajstić information content (AvgIpc) is 2.14. The fourth-order valence-corrected chi connectivity index (χ4v) is 1.87. The number of hydrogen-bond donors (Lipinski definition) is 2. The molecule has 7 nitrogen and oxygen atoms in total. The van der Waals surface area contributed by atoms with Gasteiger partial charge in [0.1, 0.15) is 6.04 Å². The van der Waals surface area contributed by atoms with Crippen LogP contribution < -0.4 is 9.44 Å². The molecule has 8 heteroatoms. The van der Waals surface area contributed by atoms with Gasteiger partial charge in [0.25, 0.3) is 0 Å². The lowest BCUT2D eigenvalue weighted by Crippen LogP contribution is -2.45. The number of nitrogens with one attached hydrogen (secondary N) is 2. The fourth-order valence-electron chi connectivity index (χ4n) is 1.00. The highest BCUT2D eigenvalue weighted by molar-refractivity contribution is 7.88. The Hall–Kier alpha value is -1.33. The van der Waals surface area contributed by atoms with E-state index in [2.05, 4.69) is 4.74 Å². The molecule has 0 aromatic heterocycles. The Balaban J connectivity index is 4.39. The van der Waals surface area contributed by atoms with Crippen LogP contribution in [-0.2, 0) is 14.9 Å². The molecular weight excluding hydrogens is 246 g/mol. The normalized spacial score (nSPS) is 12.9. The molecule has 0 aliphatic rings. The lowest BCUT2D eigenvalue weighted by atomic mass is 10.2. The van der Waals surface area contributed by atoms with Crippen LogP contribution in [0.3, 0.4) is 0 Å². The second-order valence-corrected chi connectivity index (χ2v) is 5.09. The van der Waals surface area contributed by atoms with E-state index in [9.17, 15) is 13.2 Å². The number of nitriles is 1. The first-order valence-electron chi connectivity index (χ1n) is 5.21. The molecule has 0 spiro atoms. The average molecular weight is 263 g/mol. The van der Waals surface area contributed by atoms with Gasteiger partial charge in [-0.2, -0.15) is 18.4 Å². The van der Waals surface area contributed by atoms with Crippen molar-refractivity contribution < 1.29 is 17.9 Å². The molecule has 1 amide bonds. The van der Waals surface area contributed by atoms with Gasteiger partial charge in [0.05, 0.1) is 12.2 Å². The van der Waals surface area contributed by atoms with Crippen LogP contribution in [0.4, 0.5) is 4.79 Å². The third-order valence-corrected chi connectivity index (χ3v) is 2.62. The van der Waals surface area contributed by atoms with Gasteiger partial charge >= 0.3 is 16.3 Å². The number of nitrogens with zero attached hydrogens (tertiary/aromatic N) is 1. The summed E-state index contributed by atoms with van der Waals surface area (Å²) in [6.07, 6.45) is -0.471. The van der Waals surface area contributed by atoms with Gasteiger partial charge in [-0.3, -0.25) is 0 Å². The van der Waals surface area contributed by atoms with Gasteiger partial charge < -0.3 is 4.74 Å². The molecule has 0 fully saturated rings. The van der Waals surface area contributed by atoms with Crippen molar-refractivity contribution in [3.8, 4) is 6.07 Å². The quantitative estimate of drug-likeness (QED) is 0.731. The van der Waals surface area contributed by atoms with Crippen molar-refractivity contribution in [3.05, 3.63) is 0 Å². The van der Waals surface area contributed by atoms with Gasteiger partial charge in [-0.05, 0) is 20.3 Å². The Labute approximate surface area is 101 Å². The Morgan fingerprint density at radius 3 is 2.47 bits per heavy atom. The van der Waals surface area contributed by atoms with Crippen LogP contribution in [0, 0.1) is 11.3 Å². The van der Waals surface area contributed by atoms with Gasteiger partial charge in [-0.1, -0.05) is 13.3 Å². The highest BCUT2D eigenvalue weighted by atomic mass is 32.2. The number of carbonyl (C=O) groups is 1. The number of ether oxygens (including phenoxy) is 1. The zero-order valence-electron chi connectivity index (χ0n) is 10.1. The summed E-state index contributed by atoms with van der Waals surface area (Å²) in [5.74, 6) is 0. The van der Waals surface area contributed by atoms with Crippen molar-refractivity contribution in [1.29, 1.82) is 5.26 Å². The summed E-state index contributed by atoms with van der Waals surface area (Å²) in [4.78, 5) is 11.1. The molecule has 0 saturated heterocycles. The van der Waals surface area contributed by atoms with Crippen molar-refractivity contribution in [2.75, 3.05) is 0 Å². The molecule has 98 valence electrons. The number of hydrogen-bond acceptors (Lipinski definition) is 5. The Bertz CT molecular complexity index is 386. The van der Waals surface area contributed by atoms with E-state index < -0.39 is 28.4 Å². The predicted molar refractivity (Wildman–Crippen MR) is 61.1 cm³/mol. The van der Waals surface area contributed by atoms with E-state index in [1.165, 1.54) is 0 Å². The third-order valence-electron chi connectivity index (χ3n) is 1.59. The van der Waals surface area contributed by atoms with Gasteiger partial charge in [0.15, 0.2) is 0 Å². The smallest absolute Gasteiger partial charge is 0.422 e. The van der Waals surface area contributed by atoms with Crippen molar-refractivity contribution in [3.63, 3.8) is 0 Å². The molecule has 1 unspecified atom stereocenters. The molecule has 0 aromatic rings. The molecule has 0 rings (SSSR count). The monoisotopic (exact) mass is 263 g/mol. The second-order valence-electron chi connectivity index (χ2n) is 3.65. The van der Waals surface area contributed by atoms with Gasteiger partial charge in [-0.15, -0.1) is 0 Å². The van der Waals surface area contributed by atoms with E-state index in [1.807, 2.05) is 11.6 Å². The zero-order chi connectivity index (χ0) is 13.5. The summed E-state index contributed by atoms with van der Waals surface area (Å²) in [6.45, 7) is 5.00. The van der Waals surface area contributed by atoms with Gasteiger partial charge in [0.2, 0.25) is 0 Å². The van der Waals surface area contributed by atoms with Crippen molar-refractivity contribution in [2.24, 2.45) is 0 Å². The molecule has 1 atom stereocenters. The van der Waals surface area contributed by atoms with E-state index >= 15 is 0 Å². The van der Waals surface area contributed by atoms with Crippen molar-refractivity contribution >= 4 is 16.3 Å². The molecule has 0 heterocycles. The van der Waals surface area contributed by atoms with Crippen LogP contribution in [0.1, 0.15) is 33.6 Å². The van der Waals surface area contributed by atoms with Crippen LogP contribution >= 0.6 is 0 Å². The van der Waals surface area contributed by atoms with E-state index in [1.54, 1.807) is 24.6 Å². The van der Waals surface area contributed by atoms with Crippen LogP contribution in [-0.4, -0.2) is 26.7 Å². The fraction of sp³-hybridized carbons (Fsp3) is 0.778. The third kappa shape index (κ3) is 7.54. The molecule has 17 heavy (non-hydrogen) atoms. The number of amides is 1. The SMILES string of the molecule is CCCC(C#N)NS(=O)(=O)NC(=O)OC(C)C. The minimum absolute atomic E-state index is 0.372.